The summed E-state index contributed by atoms with van der Waals surface area (Å²) in [6, 6.07) is 0.565. The van der Waals surface area contributed by atoms with Crippen LogP contribution >= 0.6 is 0 Å². The lowest BCUT2D eigenvalue weighted by atomic mass is 9.99. The molecule has 0 aromatic rings. The summed E-state index contributed by atoms with van der Waals surface area (Å²) in [6.45, 7) is 7.02. The van der Waals surface area contributed by atoms with Gasteiger partial charge >= 0.3 is 0 Å². The van der Waals surface area contributed by atoms with Gasteiger partial charge in [0.1, 0.15) is 0 Å². The Hall–Kier alpha value is -0.570. The average molecular weight is 210 g/mol. The van der Waals surface area contributed by atoms with Crippen molar-refractivity contribution in [2.45, 2.75) is 39.2 Å². The van der Waals surface area contributed by atoms with E-state index in [1.807, 2.05) is 13.8 Å². The maximum absolute atomic E-state index is 11.9. The quantitative estimate of drug-likeness (QED) is 0.706. The second-order valence-corrected chi connectivity index (χ2v) is 5.21. The molecule has 2 rings (SSSR count). The first-order valence-electron chi connectivity index (χ1n) is 6.20. The van der Waals surface area contributed by atoms with Gasteiger partial charge in [-0.3, -0.25) is 4.79 Å². The third-order valence-electron chi connectivity index (χ3n) is 3.65. The standard InChI is InChI=1S/C12H22N2O/c1-9(2)12(15)14-7-10-5-3-4-6-13-11(10)8-14/h9-11,13H,3-8H2,1-2H3/t10-,11+/m0/s1. The first-order valence-corrected chi connectivity index (χ1v) is 6.20. The van der Waals surface area contributed by atoms with Crippen molar-refractivity contribution in [2.75, 3.05) is 19.6 Å². The molecule has 2 fully saturated rings. The number of fused-ring (bicyclic) bond motifs is 1. The van der Waals surface area contributed by atoms with Crippen LogP contribution in [-0.4, -0.2) is 36.5 Å². The Morgan fingerprint density at radius 3 is 2.87 bits per heavy atom. The van der Waals surface area contributed by atoms with Crippen LogP contribution in [0.15, 0.2) is 0 Å². The van der Waals surface area contributed by atoms with Gasteiger partial charge in [-0.2, -0.15) is 0 Å². The molecule has 2 heterocycles. The van der Waals surface area contributed by atoms with E-state index in [4.69, 9.17) is 0 Å². The zero-order valence-corrected chi connectivity index (χ0v) is 9.83. The van der Waals surface area contributed by atoms with Crippen molar-refractivity contribution in [2.24, 2.45) is 11.8 Å². The van der Waals surface area contributed by atoms with Crippen LogP contribution in [0, 0.1) is 11.8 Å². The number of hydrogen-bond acceptors (Lipinski definition) is 2. The fourth-order valence-corrected chi connectivity index (χ4v) is 2.76. The van der Waals surface area contributed by atoms with E-state index in [0.717, 1.165) is 19.6 Å². The molecule has 0 aromatic carbocycles. The predicted molar refractivity (Wildman–Crippen MR) is 60.5 cm³/mol. The molecule has 1 N–H and O–H groups in total. The average Bonchev–Trinajstić information content (AvgIpc) is 2.49. The Morgan fingerprint density at radius 2 is 2.13 bits per heavy atom. The molecule has 86 valence electrons. The van der Waals surface area contributed by atoms with Gasteiger partial charge in [0.25, 0.3) is 0 Å². The molecule has 0 aromatic heterocycles. The fourth-order valence-electron chi connectivity index (χ4n) is 2.76. The van der Waals surface area contributed by atoms with E-state index >= 15 is 0 Å². The molecule has 0 spiro atoms. The summed E-state index contributed by atoms with van der Waals surface area (Å²) in [6.07, 6.45) is 3.91. The lowest BCUT2D eigenvalue weighted by Gasteiger charge is -2.19. The molecule has 2 aliphatic rings. The highest BCUT2D eigenvalue weighted by Gasteiger charge is 2.35. The van der Waals surface area contributed by atoms with Gasteiger partial charge in [-0.1, -0.05) is 20.3 Å². The monoisotopic (exact) mass is 210 g/mol. The minimum absolute atomic E-state index is 0.146. The van der Waals surface area contributed by atoms with E-state index in [1.165, 1.54) is 19.3 Å². The van der Waals surface area contributed by atoms with Crippen molar-refractivity contribution in [3.05, 3.63) is 0 Å². The minimum atomic E-state index is 0.146. The Balaban J connectivity index is 1.95. The third kappa shape index (κ3) is 2.33. The zero-order chi connectivity index (χ0) is 10.8. The van der Waals surface area contributed by atoms with Gasteiger partial charge < -0.3 is 10.2 Å². The van der Waals surface area contributed by atoms with Gasteiger partial charge in [-0.05, 0) is 25.3 Å². The molecule has 1 amide bonds. The van der Waals surface area contributed by atoms with Crippen LogP contribution in [0.5, 0.6) is 0 Å². The summed E-state index contributed by atoms with van der Waals surface area (Å²) in [7, 11) is 0. The predicted octanol–water partition coefficient (Wildman–Crippen LogP) is 1.24. The van der Waals surface area contributed by atoms with E-state index in [2.05, 4.69) is 10.2 Å². The van der Waals surface area contributed by atoms with Crippen molar-refractivity contribution < 1.29 is 4.79 Å². The number of rotatable bonds is 1. The first kappa shape index (κ1) is 10.9. The normalized spacial score (nSPS) is 31.5. The molecule has 0 radical (unpaired) electrons. The van der Waals surface area contributed by atoms with Crippen LogP contribution in [0.3, 0.4) is 0 Å². The molecular formula is C12H22N2O. The van der Waals surface area contributed by atoms with Crippen LogP contribution in [0.4, 0.5) is 0 Å². The molecule has 2 aliphatic heterocycles. The molecule has 15 heavy (non-hydrogen) atoms. The maximum Gasteiger partial charge on any atom is 0.225 e. The van der Waals surface area contributed by atoms with Crippen molar-refractivity contribution >= 4 is 5.91 Å². The van der Waals surface area contributed by atoms with Crippen LogP contribution in [-0.2, 0) is 4.79 Å². The SMILES string of the molecule is CC(C)C(=O)N1C[C@@H]2CCCCN[C@@H]2C1. The smallest absolute Gasteiger partial charge is 0.225 e. The summed E-state index contributed by atoms with van der Waals surface area (Å²) in [4.78, 5) is 13.9. The van der Waals surface area contributed by atoms with E-state index < -0.39 is 0 Å². The van der Waals surface area contributed by atoms with Gasteiger partial charge in [0.15, 0.2) is 0 Å². The molecule has 0 aliphatic carbocycles. The Labute approximate surface area is 92.2 Å². The van der Waals surface area contributed by atoms with Crippen molar-refractivity contribution in [1.29, 1.82) is 0 Å². The van der Waals surface area contributed by atoms with Crippen molar-refractivity contribution in [1.82, 2.24) is 10.2 Å². The first-order chi connectivity index (χ1) is 7.18. The van der Waals surface area contributed by atoms with Crippen molar-refractivity contribution in [3.63, 3.8) is 0 Å². The summed E-state index contributed by atoms with van der Waals surface area (Å²) in [5.41, 5.74) is 0. The summed E-state index contributed by atoms with van der Waals surface area (Å²) in [5, 5.41) is 3.57. The topological polar surface area (TPSA) is 32.3 Å². The fraction of sp³-hybridized carbons (Fsp3) is 0.917. The van der Waals surface area contributed by atoms with E-state index in [-0.39, 0.29) is 5.92 Å². The van der Waals surface area contributed by atoms with Gasteiger partial charge in [-0.15, -0.1) is 0 Å². The lowest BCUT2D eigenvalue weighted by molar-refractivity contribution is -0.133. The highest BCUT2D eigenvalue weighted by molar-refractivity contribution is 5.78. The largest absolute Gasteiger partial charge is 0.341 e. The molecule has 0 saturated carbocycles. The summed E-state index contributed by atoms with van der Waals surface area (Å²) < 4.78 is 0. The van der Waals surface area contributed by atoms with Gasteiger partial charge in [0, 0.05) is 25.0 Å². The van der Waals surface area contributed by atoms with Gasteiger partial charge in [0.2, 0.25) is 5.91 Å². The molecule has 0 unspecified atom stereocenters. The zero-order valence-electron chi connectivity index (χ0n) is 9.83. The molecular weight excluding hydrogens is 188 g/mol. The van der Waals surface area contributed by atoms with Crippen LogP contribution in [0.2, 0.25) is 0 Å². The summed E-state index contributed by atoms with van der Waals surface area (Å²) in [5.74, 6) is 1.17. The highest BCUT2D eigenvalue weighted by atomic mass is 16.2. The number of nitrogens with zero attached hydrogens (tertiary/aromatic N) is 1. The number of carbonyl (C=O) groups excluding carboxylic acids is 1. The maximum atomic E-state index is 11.9. The van der Waals surface area contributed by atoms with E-state index in [1.54, 1.807) is 0 Å². The highest BCUT2D eigenvalue weighted by Crippen LogP contribution is 2.25. The van der Waals surface area contributed by atoms with Crippen LogP contribution in [0.1, 0.15) is 33.1 Å². The number of hydrogen-bond donors (Lipinski definition) is 1. The molecule has 3 nitrogen and oxygen atoms in total. The number of nitrogens with one attached hydrogen (secondary N) is 1. The van der Waals surface area contributed by atoms with Crippen LogP contribution in [0.25, 0.3) is 0 Å². The molecule has 2 saturated heterocycles. The Kier molecular flexibility index (Phi) is 3.29. The number of amides is 1. The van der Waals surface area contributed by atoms with Crippen molar-refractivity contribution in [3.8, 4) is 0 Å². The lowest BCUT2D eigenvalue weighted by Crippen LogP contribution is -2.37. The Morgan fingerprint density at radius 1 is 1.33 bits per heavy atom. The second kappa shape index (κ2) is 4.52. The second-order valence-electron chi connectivity index (χ2n) is 5.21. The minimum Gasteiger partial charge on any atom is -0.341 e. The van der Waals surface area contributed by atoms with Crippen LogP contribution < -0.4 is 5.32 Å². The third-order valence-corrected chi connectivity index (χ3v) is 3.65. The van der Waals surface area contributed by atoms with Gasteiger partial charge in [0.05, 0.1) is 0 Å². The molecule has 2 atom stereocenters. The Bertz CT molecular complexity index is 226. The number of likely N-dealkylation sites (tertiary alicyclic amines) is 1. The van der Waals surface area contributed by atoms with E-state index in [0.29, 0.717) is 17.9 Å². The van der Waals surface area contributed by atoms with E-state index in [9.17, 15) is 4.79 Å². The summed E-state index contributed by atoms with van der Waals surface area (Å²) >= 11 is 0. The molecule has 3 heteroatoms. The molecule has 0 bridgehead atoms. The van der Waals surface area contributed by atoms with Gasteiger partial charge in [-0.25, -0.2) is 0 Å². The number of carbonyl (C=O) groups is 1.